The molecule has 0 amide bonds. The van der Waals surface area contributed by atoms with Crippen LogP contribution < -0.4 is 10.6 Å². The van der Waals surface area contributed by atoms with E-state index in [1.165, 1.54) is 11.3 Å². The summed E-state index contributed by atoms with van der Waals surface area (Å²) < 4.78 is 0. The first-order valence-electron chi connectivity index (χ1n) is 7.98. The van der Waals surface area contributed by atoms with E-state index in [4.69, 9.17) is 11.6 Å². The molecule has 0 aliphatic heterocycles. The van der Waals surface area contributed by atoms with Crippen molar-refractivity contribution in [2.24, 2.45) is 0 Å². The van der Waals surface area contributed by atoms with Crippen LogP contribution in [0, 0.1) is 10.1 Å². The average Bonchev–Trinajstić information content (AvgIpc) is 3.15. The number of nitro groups is 1. The quantitative estimate of drug-likeness (QED) is 0.272. The Labute approximate surface area is 174 Å². The van der Waals surface area contributed by atoms with E-state index in [1.54, 1.807) is 41.3 Å². The second kappa shape index (κ2) is 12.8. The summed E-state index contributed by atoms with van der Waals surface area (Å²) in [6.07, 6.45) is 2.67. The van der Waals surface area contributed by atoms with Crippen molar-refractivity contribution in [3.63, 3.8) is 0 Å². The lowest BCUT2D eigenvalue weighted by Crippen LogP contribution is -2.30. The predicted octanol–water partition coefficient (Wildman–Crippen LogP) is 3.01. The van der Waals surface area contributed by atoms with Gasteiger partial charge in [-0.05, 0) is 12.1 Å². The molecule has 2 N–H and O–H groups in total. The third-order valence-electron chi connectivity index (χ3n) is 3.06. The number of nitrogens with zero attached hydrogens (tertiary/aromatic N) is 4. The van der Waals surface area contributed by atoms with Crippen LogP contribution in [0.3, 0.4) is 0 Å². The normalized spacial score (nSPS) is 11.4. The number of hydrogen-bond acceptors (Lipinski definition) is 10. The Morgan fingerprint density at radius 3 is 2.67 bits per heavy atom. The number of thioether (sulfide) groups is 2. The predicted molar refractivity (Wildman–Crippen MR) is 113 cm³/mol. The number of nitrogens with one attached hydrogen (secondary N) is 2. The largest absolute Gasteiger partial charge is 0.366 e. The lowest BCUT2D eigenvalue weighted by Gasteiger charge is -2.11. The fourth-order valence-electron chi connectivity index (χ4n) is 1.89. The van der Waals surface area contributed by atoms with Crippen LogP contribution in [0.15, 0.2) is 35.9 Å². The van der Waals surface area contributed by atoms with Crippen LogP contribution in [-0.2, 0) is 11.5 Å². The zero-order valence-corrected chi connectivity index (χ0v) is 17.5. The van der Waals surface area contributed by atoms with Crippen LogP contribution >= 0.6 is 46.5 Å². The monoisotopic (exact) mass is 446 g/mol. The average molecular weight is 447 g/mol. The summed E-state index contributed by atoms with van der Waals surface area (Å²) in [4.78, 5) is 14.5. The molecule has 0 aliphatic carbocycles. The molecule has 146 valence electrons. The fourth-order valence-corrected chi connectivity index (χ4v) is 4.42. The molecule has 0 spiro atoms. The van der Waals surface area contributed by atoms with E-state index in [0.29, 0.717) is 29.7 Å². The van der Waals surface area contributed by atoms with Gasteiger partial charge in [0.15, 0.2) is 5.82 Å². The van der Waals surface area contributed by atoms with Crippen LogP contribution in [-0.4, -0.2) is 44.7 Å². The standard InChI is InChI=1S/C15H19ClN6O2S3/c16-12-2-1-3-17-13(12)9-25-6-4-18-14(8-22(23)24)19-5-7-26-10-15-21-20-11-27-15/h1-3,8,11,18-19H,4-7,9-10H2. The van der Waals surface area contributed by atoms with Gasteiger partial charge >= 0.3 is 0 Å². The van der Waals surface area contributed by atoms with E-state index in [0.717, 1.165) is 34.2 Å². The first-order valence-corrected chi connectivity index (χ1v) is 11.5. The van der Waals surface area contributed by atoms with Crippen LogP contribution in [0.4, 0.5) is 0 Å². The van der Waals surface area contributed by atoms with Gasteiger partial charge in [0, 0.05) is 42.3 Å². The number of rotatable bonds is 13. The van der Waals surface area contributed by atoms with Gasteiger partial charge in [0.1, 0.15) is 10.5 Å². The molecule has 2 rings (SSSR count). The van der Waals surface area contributed by atoms with Crippen molar-refractivity contribution in [3.05, 3.63) is 61.7 Å². The number of hydrogen-bond donors (Lipinski definition) is 2. The van der Waals surface area contributed by atoms with Crippen molar-refractivity contribution in [1.82, 2.24) is 25.8 Å². The molecule has 2 heterocycles. The maximum Gasteiger partial charge on any atom is 0.274 e. The van der Waals surface area contributed by atoms with Crippen molar-refractivity contribution in [2.75, 3.05) is 24.6 Å². The highest BCUT2D eigenvalue weighted by Gasteiger charge is 2.04. The summed E-state index contributed by atoms with van der Waals surface area (Å²) in [6, 6.07) is 3.61. The number of halogens is 1. The van der Waals surface area contributed by atoms with Crippen molar-refractivity contribution >= 4 is 46.5 Å². The Hall–Kier alpha value is -1.56. The molecule has 8 nitrogen and oxygen atoms in total. The van der Waals surface area contributed by atoms with Crippen LogP contribution in [0.1, 0.15) is 10.7 Å². The first kappa shape index (κ1) is 21.7. The SMILES string of the molecule is O=[N+]([O-])C=C(NCCSCc1nncs1)NCCSCc1ncccc1Cl. The molecule has 12 heteroatoms. The minimum absolute atomic E-state index is 0.410. The zero-order chi connectivity index (χ0) is 19.3. The highest BCUT2D eigenvalue weighted by molar-refractivity contribution is 7.98. The van der Waals surface area contributed by atoms with E-state index < -0.39 is 4.92 Å². The molecule has 0 aliphatic rings. The van der Waals surface area contributed by atoms with Gasteiger partial charge in [-0.25, -0.2) is 0 Å². The highest BCUT2D eigenvalue weighted by Crippen LogP contribution is 2.18. The van der Waals surface area contributed by atoms with Gasteiger partial charge in [0.2, 0.25) is 0 Å². The maximum absolute atomic E-state index is 10.8. The second-order valence-corrected chi connectivity index (χ2v) is 8.59. The van der Waals surface area contributed by atoms with Crippen molar-refractivity contribution in [3.8, 4) is 0 Å². The van der Waals surface area contributed by atoms with Gasteiger partial charge in [-0.15, -0.1) is 21.5 Å². The van der Waals surface area contributed by atoms with Gasteiger partial charge in [0.05, 0.1) is 15.6 Å². The van der Waals surface area contributed by atoms with Crippen LogP contribution in [0.5, 0.6) is 0 Å². The molecule has 0 saturated heterocycles. The first-order chi connectivity index (χ1) is 13.1. The lowest BCUT2D eigenvalue weighted by atomic mass is 10.4. The van der Waals surface area contributed by atoms with E-state index >= 15 is 0 Å². The molecule has 0 atom stereocenters. The highest BCUT2D eigenvalue weighted by atomic mass is 35.5. The molecule has 0 aromatic carbocycles. The minimum Gasteiger partial charge on any atom is -0.366 e. The molecule has 2 aromatic heterocycles. The Balaban J connectivity index is 1.62. The molecule has 0 bridgehead atoms. The molecular formula is C15H19ClN6O2S3. The molecule has 0 radical (unpaired) electrons. The molecular weight excluding hydrogens is 428 g/mol. The van der Waals surface area contributed by atoms with Crippen LogP contribution in [0.2, 0.25) is 5.02 Å². The zero-order valence-electron chi connectivity index (χ0n) is 14.3. The number of aromatic nitrogens is 3. The summed E-state index contributed by atoms with van der Waals surface area (Å²) in [5.74, 6) is 3.48. The Kier molecular flexibility index (Phi) is 10.3. The van der Waals surface area contributed by atoms with E-state index in [-0.39, 0.29) is 0 Å². The lowest BCUT2D eigenvalue weighted by molar-refractivity contribution is -0.404. The van der Waals surface area contributed by atoms with Gasteiger partial charge in [-0.1, -0.05) is 11.6 Å². The molecule has 2 aromatic rings. The smallest absolute Gasteiger partial charge is 0.274 e. The Morgan fingerprint density at radius 1 is 1.30 bits per heavy atom. The third kappa shape index (κ3) is 9.27. The van der Waals surface area contributed by atoms with Crippen LogP contribution in [0.25, 0.3) is 0 Å². The summed E-state index contributed by atoms with van der Waals surface area (Å²) in [7, 11) is 0. The summed E-state index contributed by atoms with van der Waals surface area (Å²) in [6.45, 7) is 1.21. The molecule has 0 unspecified atom stereocenters. The van der Waals surface area contributed by atoms with Gasteiger partial charge < -0.3 is 10.6 Å². The van der Waals surface area contributed by atoms with E-state index in [2.05, 4.69) is 25.8 Å². The summed E-state index contributed by atoms with van der Waals surface area (Å²) in [5.41, 5.74) is 2.55. The Morgan fingerprint density at radius 2 is 2.04 bits per heavy atom. The second-order valence-electron chi connectivity index (χ2n) is 5.05. The number of pyridine rings is 1. The summed E-state index contributed by atoms with van der Waals surface area (Å²) in [5, 5.41) is 26.3. The van der Waals surface area contributed by atoms with E-state index in [9.17, 15) is 10.1 Å². The topological polar surface area (TPSA) is 106 Å². The van der Waals surface area contributed by atoms with Gasteiger partial charge in [-0.2, -0.15) is 23.5 Å². The van der Waals surface area contributed by atoms with Gasteiger partial charge in [-0.3, -0.25) is 15.1 Å². The van der Waals surface area contributed by atoms with Crippen molar-refractivity contribution in [2.45, 2.75) is 11.5 Å². The maximum atomic E-state index is 10.8. The minimum atomic E-state index is -0.468. The molecule has 0 saturated carbocycles. The third-order valence-corrected chi connectivity index (χ3v) is 6.23. The van der Waals surface area contributed by atoms with Crippen molar-refractivity contribution < 1.29 is 4.92 Å². The van der Waals surface area contributed by atoms with Gasteiger partial charge in [0.25, 0.3) is 6.20 Å². The van der Waals surface area contributed by atoms with Crippen molar-refractivity contribution in [1.29, 1.82) is 0 Å². The fraction of sp³-hybridized carbons (Fsp3) is 0.400. The molecule has 27 heavy (non-hydrogen) atoms. The Bertz CT molecular complexity index is 732. The molecule has 0 fully saturated rings. The van der Waals surface area contributed by atoms with E-state index in [1.807, 2.05) is 6.07 Å². The summed E-state index contributed by atoms with van der Waals surface area (Å²) >= 11 is 10.9.